The molecule has 1 aromatic heterocycles. The molecule has 3 nitrogen and oxygen atoms in total. The molecule has 152 valence electrons. The van der Waals surface area contributed by atoms with Crippen molar-refractivity contribution >= 4 is 11.3 Å². The molecule has 1 aliphatic heterocycles. The molecule has 29 heavy (non-hydrogen) atoms. The second kappa shape index (κ2) is 8.69. The van der Waals surface area contributed by atoms with Gasteiger partial charge in [-0.2, -0.15) is 0 Å². The SMILES string of the molecule is OC[C@@]1(Cc2ccc(F)cc2F)CCCN(Cc2cnc(-c3ccccc3)s2)C1. The van der Waals surface area contributed by atoms with Crippen LogP contribution in [-0.4, -0.2) is 34.7 Å². The third-order valence-electron chi connectivity index (χ3n) is 5.61. The smallest absolute Gasteiger partial charge is 0.129 e. The van der Waals surface area contributed by atoms with Gasteiger partial charge in [0, 0.05) is 41.2 Å². The fourth-order valence-electron chi connectivity index (χ4n) is 4.16. The lowest BCUT2D eigenvalue weighted by Gasteiger charge is -2.42. The second-order valence-electron chi connectivity index (χ2n) is 7.88. The second-order valence-corrected chi connectivity index (χ2v) is 9.00. The number of aliphatic hydroxyl groups is 1. The quantitative estimate of drug-likeness (QED) is 0.623. The number of hydrogen-bond acceptors (Lipinski definition) is 4. The van der Waals surface area contributed by atoms with Gasteiger partial charge in [0.05, 0.1) is 6.61 Å². The van der Waals surface area contributed by atoms with Crippen LogP contribution in [0.25, 0.3) is 10.6 Å². The first kappa shape index (κ1) is 20.1. The van der Waals surface area contributed by atoms with Crippen LogP contribution in [0.3, 0.4) is 0 Å². The van der Waals surface area contributed by atoms with E-state index in [1.165, 1.54) is 17.0 Å². The zero-order valence-corrected chi connectivity index (χ0v) is 17.0. The highest BCUT2D eigenvalue weighted by atomic mass is 32.1. The van der Waals surface area contributed by atoms with Crippen molar-refractivity contribution in [1.82, 2.24) is 9.88 Å². The van der Waals surface area contributed by atoms with Crippen molar-refractivity contribution in [2.45, 2.75) is 25.8 Å². The lowest BCUT2D eigenvalue weighted by Crippen LogP contribution is -2.46. The maximum atomic E-state index is 14.2. The summed E-state index contributed by atoms with van der Waals surface area (Å²) in [6, 6.07) is 13.8. The van der Waals surface area contributed by atoms with Crippen molar-refractivity contribution < 1.29 is 13.9 Å². The molecule has 0 aliphatic carbocycles. The summed E-state index contributed by atoms with van der Waals surface area (Å²) in [7, 11) is 0. The molecule has 0 spiro atoms. The Morgan fingerprint density at radius 2 is 1.97 bits per heavy atom. The van der Waals surface area contributed by atoms with Gasteiger partial charge in [0.25, 0.3) is 0 Å². The number of thiazole rings is 1. The van der Waals surface area contributed by atoms with Crippen molar-refractivity contribution in [2.75, 3.05) is 19.7 Å². The molecule has 6 heteroatoms. The topological polar surface area (TPSA) is 36.4 Å². The summed E-state index contributed by atoms with van der Waals surface area (Å²) in [5.41, 5.74) is 1.16. The molecular weight excluding hydrogens is 390 g/mol. The Bertz CT molecular complexity index is 963. The predicted molar refractivity (Wildman–Crippen MR) is 112 cm³/mol. The Morgan fingerprint density at radius 1 is 1.14 bits per heavy atom. The van der Waals surface area contributed by atoms with E-state index in [1.807, 2.05) is 24.4 Å². The van der Waals surface area contributed by atoms with Crippen LogP contribution in [0.5, 0.6) is 0 Å². The fraction of sp³-hybridized carbons (Fsp3) is 0.348. The van der Waals surface area contributed by atoms with Crippen molar-refractivity contribution in [2.24, 2.45) is 5.41 Å². The molecule has 0 radical (unpaired) electrons. The van der Waals surface area contributed by atoms with Crippen LogP contribution in [0.4, 0.5) is 8.78 Å². The first-order chi connectivity index (χ1) is 14.1. The van der Waals surface area contributed by atoms with Crippen LogP contribution in [0, 0.1) is 17.0 Å². The van der Waals surface area contributed by atoms with Crippen LogP contribution < -0.4 is 0 Å². The van der Waals surface area contributed by atoms with E-state index in [4.69, 9.17) is 0 Å². The molecule has 2 heterocycles. The number of halogens is 2. The summed E-state index contributed by atoms with van der Waals surface area (Å²) < 4.78 is 27.4. The Morgan fingerprint density at radius 3 is 2.72 bits per heavy atom. The molecule has 1 N–H and O–H groups in total. The van der Waals surface area contributed by atoms with Gasteiger partial charge >= 0.3 is 0 Å². The van der Waals surface area contributed by atoms with Gasteiger partial charge < -0.3 is 5.11 Å². The van der Waals surface area contributed by atoms with Crippen molar-refractivity contribution in [3.8, 4) is 10.6 Å². The third kappa shape index (κ3) is 4.71. The molecule has 1 fully saturated rings. The minimum atomic E-state index is -0.575. The number of benzene rings is 2. The Balaban J connectivity index is 1.46. The first-order valence-corrected chi connectivity index (χ1v) is 10.7. The van der Waals surface area contributed by atoms with Gasteiger partial charge in [0.2, 0.25) is 0 Å². The molecule has 0 saturated carbocycles. The molecule has 4 rings (SSSR count). The molecular formula is C23H24F2N2OS. The van der Waals surface area contributed by atoms with Crippen LogP contribution in [0.15, 0.2) is 54.7 Å². The Kier molecular flexibility index (Phi) is 6.04. The van der Waals surface area contributed by atoms with Crippen LogP contribution in [0.2, 0.25) is 0 Å². The average Bonchev–Trinajstić information content (AvgIpc) is 3.20. The third-order valence-corrected chi connectivity index (χ3v) is 6.64. The van der Waals surface area contributed by atoms with Gasteiger partial charge in [-0.05, 0) is 37.4 Å². The number of rotatable bonds is 6. The molecule has 2 aromatic carbocycles. The van der Waals surface area contributed by atoms with E-state index in [0.717, 1.165) is 42.6 Å². The number of aliphatic hydroxyl groups excluding tert-OH is 1. The lowest BCUT2D eigenvalue weighted by molar-refractivity contribution is 0.0287. The zero-order chi connectivity index (χ0) is 20.3. The standard InChI is InChI=1S/C23H24F2N2OS/c24-19-8-7-18(21(25)11-19)12-23(16-28)9-4-10-27(15-23)14-20-13-26-22(29-20)17-5-2-1-3-6-17/h1-3,5-8,11,13,28H,4,9-10,12,14-16H2/t23-/m1/s1. The van der Waals surface area contributed by atoms with Gasteiger partial charge in [-0.25, -0.2) is 13.8 Å². The molecule has 1 saturated heterocycles. The maximum Gasteiger partial charge on any atom is 0.129 e. The molecule has 0 unspecified atom stereocenters. The minimum absolute atomic E-state index is 0.0156. The first-order valence-electron chi connectivity index (χ1n) is 9.84. The zero-order valence-electron chi connectivity index (χ0n) is 16.2. The van der Waals surface area contributed by atoms with Gasteiger partial charge in [-0.3, -0.25) is 4.90 Å². The lowest BCUT2D eigenvalue weighted by atomic mass is 9.75. The summed E-state index contributed by atoms with van der Waals surface area (Å²) in [5.74, 6) is -1.11. The van der Waals surface area contributed by atoms with Crippen molar-refractivity contribution in [1.29, 1.82) is 0 Å². The Labute approximate surface area is 173 Å². The van der Waals surface area contributed by atoms with E-state index in [1.54, 1.807) is 11.3 Å². The minimum Gasteiger partial charge on any atom is -0.396 e. The van der Waals surface area contributed by atoms with Gasteiger partial charge in [-0.1, -0.05) is 36.4 Å². The molecule has 1 atom stereocenters. The highest BCUT2D eigenvalue weighted by molar-refractivity contribution is 7.15. The fourth-order valence-corrected chi connectivity index (χ4v) is 5.12. The van der Waals surface area contributed by atoms with E-state index in [-0.39, 0.29) is 6.61 Å². The van der Waals surface area contributed by atoms with Gasteiger partial charge in [-0.15, -0.1) is 11.3 Å². The van der Waals surface area contributed by atoms with Crippen LogP contribution in [0.1, 0.15) is 23.3 Å². The normalized spacial score (nSPS) is 20.1. The van der Waals surface area contributed by atoms with Crippen molar-refractivity contribution in [3.05, 3.63) is 76.8 Å². The van der Waals surface area contributed by atoms with E-state index in [2.05, 4.69) is 22.0 Å². The van der Waals surface area contributed by atoms with Crippen LogP contribution in [-0.2, 0) is 13.0 Å². The summed E-state index contributed by atoms with van der Waals surface area (Å²) >= 11 is 1.68. The van der Waals surface area contributed by atoms with E-state index < -0.39 is 17.0 Å². The van der Waals surface area contributed by atoms with E-state index >= 15 is 0 Å². The average molecular weight is 415 g/mol. The van der Waals surface area contributed by atoms with Crippen molar-refractivity contribution in [3.63, 3.8) is 0 Å². The maximum absolute atomic E-state index is 14.2. The summed E-state index contributed by atoms with van der Waals surface area (Å²) in [5, 5.41) is 11.2. The summed E-state index contributed by atoms with van der Waals surface area (Å²) in [6.07, 6.45) is 4.09. The number of nitrogens with zero attached hydrogens (tertiary/aromatic N) is 2. The summed E-state index contributed by atoms with van der Waals surface area (Å²) in [6.45, 7) is 2.36. The predicted octanol–water partition coefficient (Wildman–Crippen LogP) is 4.91. The number of aromatic nitrogens is 1. The van der Waals surface area contributed by atoms with Crippen LogP contribution >= 0.6 is 11.3 Å². The monoisotopic (exact) mass is 414 g/mol. The number of piperidine rings is 1. The highest BCUT2D eigenvalue weighted by Crippen LogP contribution is 2.35. The molecule has 0 amide bonds. The molecule has 1 aliphatic rings. The number of hydrogen-bond donors (Lipinski definition) is 1. The van der Waals surface area contributed by atoms with E-state index in [9.17, 15) is 13.9 Å². The summed E-state index contributed by atoms with van der Waals surface area (Å²) in [4.78, 5) is 8.03. The largest absolute Gasteiger partial charge is 0.396 e. The van der Waals surface area contributed by atoms with Gasteiger partial charge in [0.15, 0.2) is 0 Å². The number of likely N-dealkylation sites (tertiary alicyclic amines) is 1. The van der Waals surface area contributed by atoms with E-state index in [0.29, 0.717) is 18.5 Å². The molecule has 0 bridgehead atoms. The Hall–Kier alpha value is -2.15. The highest BCUT2D eigenvalue weighted by Gasteiger charge is 2.36. The molecule has 3 aromatic rings. The van der Waals surface area contributed by atoms with Gasteiger partial charge in [0.1, 0.15) is 16.6 Å².